The molecule has 1 aromatic carbocycles. The summed E-state index contributed by atoms with van der Waals surface area (Å²) in [7, 11) is 0. The second kappa shape index (κ2) is 5.04. The Labute approximate surface area is 113 Å². The Balaban J connectivity index is 1.78. The Morgan fingerprint density at radius 3 is 2.32 bits per heavy atom. The van der Waals surface area contributed by atoms with Crippen molar-refractivity contribution in [2.24, 2.45) is 0 Å². The van der Waals surface area contributed by atoms with E-state index in [1.807, 2.05) is 6.07 Å². The third kappa shape index (κ3) is 2.78. The molecule has 2 nitrogen and oxygen atoms in total. The highest BCUT2D eigenvalue weighted by atomic mass is 16.1. The summed E-state index contributed by atoms with van der Waals surface area (Å²) in [6.45, 7) is 2.16. The highest BCUT2D eigenvalue weighted by Crippen LogP contribution is 2.38. The molecule has 0 bridgehead atoms. The molecular formula is C17H19NO. The zero-order valence-electron chi connectivity index (χ0n) is 11.3. The summed E-state index contributed by atoms with van der Waals surface area (Å²) in [6.07, 6.45) is 4.19. The van der Waals surface area contributed by atoms with Gasteiger partial charge in [0.1, 0.15) is 0 Å². The van der Waals surface area contributed by atoms with Crippen LogP contribution in [-0.4, -0.2) is 4.98 Å². The predicted octanol–water partition coefficient (Wildman–Crippen LogP) is 3.41. The van der Waals surface area contributed by atoms with Crippen LogP contribution in [0.15, 0.2) is 41.2 Å². The SMILES string of the molecule is CCc1ccc(Cc2ccc(C3CC3)c(=O)[nH]2)cc1. The van der Waals surface area contributed by atoms with Gasteiger partial charge in [-0.3, -0.25) is 4.79 Å². The number of nitrogens with one attached hydrogen (secondary N) is 1. The summed E-state index contributed by atoms with van der Waals surface area (Å²) < 4.78 is 0. The number of aromatic nitrogens is 1. The van der Waals surface area contributed by atoms with Crippen LogP contribution in [0.5, 0.6) is 0 Å². The van der Waals surface area contributed by atoms with Crippen LogP contribution in [0.3, 0.4) is 0 Å². The second-order valence-electron chi connectivity index (χ2n) is 5.39. The largest absolute Gasteiger partial charge is 0.326 e. The Bertz CT molecular complexity index is 620. The average Bonchev–Trinajstić information content (AvgIpc) is 3.24. The van der Waals surface area contributed by atoms with Crippen LogP contribution in [0.25, 0.3) is 0 Å². The highest BCUT2D eigenvalue weighted by Gasteiger charge is 2.25. The minimum Gasteiger partial charge on any atom is -0.326 e. The quantitative estimate of drug-likeness (QED) is 0.890. The van der Waals surface area contributed by atoms with Crippen molar-refractivity contribution in [1.82, 2.24) is 4.98 Å². The van der Waals surface area contributed by atoms with Crippen LogP contribution in [-0.2, 0) is 12.8 Å². The second-order valence-corrected chi connectivity index (χ2v) is 5.39. The van der Waals surface area contributed by atoms with Crippen LogP contribution >= 0.6 is 0 Å². The summed E-state index contributed by atoms with van der Waals surface area (Å²) in [5.41, 5.74) is 4.65. The standard InChI is InChI=1S/C17H19NO/c1-2-12-3-5-13(6-4-12)11-15-9-10-16(14-7-8-14)17(19)18-15/h3-6,9-10,14H,2,7-8,11H2,1H3,(H,18,19). The number of hydrogen-bond donors (Lipinski definition) is 1. The van der Waals surface area contributed by atoms with E-state index in [9.17, 15) is 4.79 Å². The van der Waals surface area contributed by atoms with Crippen molar-refractivity contribution in [3.63, 3.8) is 0 Å². The van der Waals surface area contributed by atoms with E-state index < -0.39 is 0 Å². The van der Waals surface area contributed by atoms with Crippen LogP contribution in [0, 0.1) is 0 Å². The fourth-order valence-corrected chi connectivity index (χ4v) is 2.46. The van der Waals surface area contributed by atoms with Gasteiger partial charge in [0.2, 0.25) is 0 Å². The topological polar surface area (TPSA) is 32.9 Å². The first-order valence-electron chi connectivity index (χ1n) is 7.06. The van der Waals surface area contributed by atoms with Gasteiger partial charge < -0.3 is 4.98 Å². The van der Waals surface area contributed by atoms with E-state index >= 15 is 0 Å². The first-order valence-corrected chi connectivity index (χ1v) is 7.06. The molecule has 0 saturated heterocycles. The van der Waals surface area contributed by atoms with Gasteiger partial charge in [-0.15, -0.1) is 0 Å². The highest BCUT2D eigenvalue weighted by molar-refractivity contribution is 5.28. The molecule has 19 heavy (non-hydrogen) atoms. The monoisotopic (exact) mass is 253 g/mol. The van der Waals surface area contributed by atoms with Gasteiger partial charge in [-0.2, -0.15) is 0 Å². The van der Waals surface area contributed by atoms with Gasteiger partial charge in [-0.1, -0.05) is 37.3 Å². The Kier molecular flexibility index (Phi) is 3.24. The Morgan fingerprint density at radius 2 is 1.74 bits per heavy atom. The van der Waals surface area contributed by atoms with Gasteiger partial charge in [0.15, 0.2) is 0 Å². The predicted molar refractivity (Wildman–Crippen MR) is 77.7 cm³/mol. The molecule has 98 valence electrons. The summed E-state index contributed by atoms with van der Waals surface area (Å²) >= 11 is 0. The van der Waals surface area contributed by atoms with Gasteiger partial charge in [-0.25, -0.2) is 0 Å². The number of aromatic amines is 1. The zero-order chi connectivity index (χ0) is 13.2. The first-order chi connectivity index (χ1) is 9.26. The molecular weight excluding hydrogens is 234 g/mol. The maximum atomic E-state index is 12.0. The van der Waals surface area contributed by atoms with Gasteiger partial charge in [0.25, 0.3) is 5.56 Å². The van der Waals surface area contributed by atoms with Crippen LogP contribution in [0.1, 0.15) is 48.1 Å². The molecule has 2 aromatic rings. The molecule has 0 radical (unpaired) electrons. The maximum Gasteiger partial charge on any atom is 0.251 e. The van der Waals surface area contributed by atoms with Crippen molar-refractivity contribution in [3.05, 3.63) is 69.1 Å². The van der Waals surface area contributed by atoms with Gasteiger partial charge in [0, 0.05) is 17.7 Å². The van der Waals surface area contributed by atoms with E-state index in [4.69, 9.17) is 0 Å². The number of benzene rings is 1. The minimum atomic E-state index is 0.102. The molecule has 0 unspecified atom stereocenters. The van der Waals surface area contributed by atoms with Gasteiger partial charge in [0.05, 0.1) is 0 Å². The van der Waals surface area contributed by atoms with E-state index in [2.05, 4.69) is 42.2 Å². The fourth-order valence-electron chi connectivity index (χ4n) is 2.46. The minimum absolute atomic E-state index is 0.102. The van der Waals surface area contributed by atoms with Crippen molar-refractivity contribution in [3.8, 4) is 0 Å². The summed E-state index contributed by atoms with van der Waals surface area (Å²) in [4.78, 5) is 15.0. The molecule has 1 N–H and O–H groups in total. The third-order valence-corrected chi connectivity index (χ3v) is 3.84. The van der Waals surface area contributed by atoms with Crippen molar-refractivity contribution in [1.29, 1.82) is 0 Å². The van der Waals surface area contributed by atoms with Gasteiger partial charge in [-0.05, 0) is 42.4 Å². The number of hydrogen-bond acceptors (Lipinski definition) is 1. The molecule has 0 atom stereocenters. The lowest BCUT2D eigenvalue weighted by Gasteiger charge is -2.05. The molecule has 0 spiro atoms. The Morgan fingerprint density at radius 1 is 1.05 bits per heavy atom. The number of rotatable bonds is 4. The number of aryl methyl sites for hydroxylation is 1. The first kappa shape index (κ1) is 12.2. The van der Waals surface area contributed by atoms with E-state index in [1.54, 1.807) is 0 Å². The van der Waals surface area contributed by atoms with E-state index in [1.165, 1.54) is 24.0 Å². The lowest BCUT2D eigenvalue weighted by molar-refractivity contribution is 0.984. The molecule has 0 amide bonds. The van der Waals surface area contributed by atoms with Crippen molar-refractivity contribution < 1.29 is 0 Å². The molecule has 1 aliphatic rings. The van der Waals surface area contributed by atoms with Gasteiger partial charge >= 0.3 is 0 Å². The van der Waals surface area contributed by atoms with E-state index in [0.29, 0.717) is 5.92 Å². The maximum absolute atomic E-state index is 12.0. The lowest BCUT2D eigenvalue weighted by Crippen LogP contribution is -2.13. The van der Waals surface area contributed by atoms with E-state index in [0.717, 1.165) is 24.1 Å². The normalized spacial score (nSPS) is 14.6. The van der Waals surface area contributed by atoms with Crippen molar-refractivity contribution >= 4 is 0 Å². The molecule has 1 aliphatic carbocycles. The molecule has 1 heterocycles. The number of pyridine rings is 1. The molecule has 1 fully saturated rings. The summed E-state index contributed by atoms with van der Waals surface area (Å²) in [5.74, 6) is 0.515. The zero-order valence-corrected chi connectivity index (χ0v) is 11.3. The lowest BCUT2D eigenvalue weighted by atomic mass is 10.0. The van der Waals surface area contributed by atoms with E-state index in [-0.39, 0.29) is 5.56 Å². The fraction of sp³-hybridized carbons (Fsp3) is 0.353. The Hall–Kier alpha value is -1.83. The van der Waals surface area contributed by atoms with Crippen LogP contribution in [0.4, 0.5) is 0 Å². The molecule has 0 aliphatic heterocycles. The van der Waals surface area contributed by atoms with Crippen LogP contribution < -0.4 is 5.56 Å². The molecule has 3 rings (SSSR count). The summed E-state index contributed by atoms with van der Waals surface area (Å²) in [5, 5.41) is 0. The van der Waals surface area contributed by atoms with Crippen molar-refractivity contribution in [2.45, 2.75) is 38.5 Å². The smallest absolute Gasteiger partial charge is 0.251 e. The molecule has 1 aromatic heterocycles. The number of H-pyrrole nitrogens is 1. The van der Waals surface area contributed by atoms with Crippen molar-refractivity contribution in [2.75, 3.05) is 0 Å². The third-order valence-electron chi connectivity index (χ3n) is 3.84. The molecule has 1 saturated carbocycles. The summed E-state index contributed by atoms with van der Waals surface area (Å²) in [6, 6.07) is 12.7. The molecule has 2 heteroatoms. The average molecular weight is 253 g/mol. The van der Waals surface area contributed by atoms with Crippen LogP contribution in [0.2, 0.25) is 0 Å².